The van der Waals surface area contributed by atoms with Gasteiger partial charge in [-0.15, -0.1) is 11.3 Å². The highest BCUT2D eigenvalue weighted by Gasteiger charge is 2.59. The Hall–Kier alpha value is -1.39. The molecule has 1 aromatic heterocycles. The largest absolute Gasteiger partial charge is 0.349 e. The van der Waals surface area contributed by atoms with Gasteiger partial charge in [-0.2, -0.15) is 0 Å². The molecular formula is C17H20N2OS. The Bertz CT molecular complexity index is 687. The molecule has 1 saturated carbocycles. The zero-order valence-electron chi connectivity index (χ0n) is 12.2. The average Bonchev–Trinajstić information content (AvgIpc) is 2.84. The molecule has 1 amide bonds. The lowest BCUT2D eigenvalue weighted by atomic mass is 10.0. The summed E-state index contributed by atoms with van der Waals surface area (Å²) in [4.78, 5) is 12.5. The van der Waals surface area contributed by atoms with Gasteiger partial charge in [0.25, 0.3) is 0 Å². The van der Waals surface area contributed by atoms with E-state index in [0.717, 1.165) is 25.9 Å². The number of rotatable bonds is 3. The second kappa shape index (κ2) is 4.82. The van der Waals surface area contributed by atoms with Gasteiger partial charge in [0, 0.05) is 17.2 Å². The standard InChI is InChI=1S/C17H20N2OS/c1-11(13-9-21-15-5-3-2-4-12(13)15)19-16(20)14-8-17(14)6-7-18-10-17/h2-5,9,11,14,18H,6-8,10H2,1H3,(H,19,20)/t11-,14?,17?/m1/s1. The minimum atomic E-state index is 0.0839. The summed E-state index contributed by atoms with van der Waals surface area (Å²) < 4.78 is 1.29. The fraction of sp³-hybridized carbons (Fsp3) is 0.471. The molecule has 1 saturated heterocycles. The van der Waals surface area contributed by atoms with Crippen LogP contribution >= 0.6 is 11.3 Å². The molecule has 2 heterocycles. The lowest BCUT2D eigenvalue weighted by Crippen LogP contribution is -2.30. The van der Waals surface area contributed by atoms with Crippen molar-refractivity contribution in [1.82, 2.24) is 10.6 Å². The summed E-state index contributed by atoms with van der Waals surface area (Å²) in [6.07, 6.45) is 2.21. The maximum absolute atomic E-state index is 12.5. The molecule has 110 valence electrons. The molecule has 1 aromatic carbocycles. The summed E-state index contributed by atoms with van der Waals surface area (Å²) in [6, 6.07) is 8.49. The van der Waals surface area contributed by atoms with Gasteiger partial charge in [-0.25, -0.2) is 0 Å². The fourth-order valence-electron chi connectivity index (χ4n) is 3.68. The molecule has 2 aromatic rings. The van der Waals surface area contributed by atoms with E-state index in [1.165, 1.54) is 15.6 Å². The monoisotopic (exact) mass is 300 g/mol. The molecular weight excluding hydrogens is 280 g/mol. The molecule has 2 fully saturated rings. The van der Waals surface area contributed by atoms with Crippen LogP contribution in [0, 0.1) is 11.3 Å². The molecule has 0 bridgehead atoms. The first-order valence-electron chi connectivity index (χ1n) is 7.67. The highest BCUT2D eigenvalue weighted by atomic mass is 32.1. The second-order valence-electron chi connectivity index (χ2n) is 6.46. The van der Waals surface area contributed by atoms with Crippen LogP contribution < -0.4 is 10.6 Å². The highest BCUT2D eigenvalue weighted by molar-refractivity contribution is 7.17. The van der Waals surface area contributed by atoms with Crippen LogP contribution in [0.5, 0.6) is 0 Å². The Morgan fingerprint density at radius 1 is 1.48 bits per heavy atom. The molecule has 3 atom stereocenters. The molecule has 4 rings (SSSR count). The molecule has 1 aliphatic heterocycles. The van der Waals surface area contributed by atoms with Crippen molar-refractivity contribution in [3.05, 3.63) is 35.2 Å². The van der Waals surface area contributed by atoms with Crippen LogP contribution in [0.15, 0.2) is 29.6 Å². The third kappa shape index (κ3) is 2.17. The number of benzene rings is 1. The SMILES string of the molecule is C[C@@H](NC(=O)C1CC12CCNC2)c1csc2ccccc12. The van der Waals surface area contributed by atoms with Crippen LogP contribution in [-0.4, -0.2) is 19.0 Å². The maximum atomic E-state index is 12.5. The van der Waals surface area contributed by atoms with Gasteiger partial charge in [0.2, 0.25) is 5.91 Å². The van der Waals surface area contributed by atoms with E-state index in [-0.39, 0.29) is 23.3 Å². The predicted octanol–water partition coefficient (Wildman–Crippen LogP) is 3.08. The summed E-state index contributed by atoms with van der Waals surface area (Å²) >= 11 is 1.75. The fourth-order valence-corrected chi connectivity index (χ4v) is 4.73. The number of thiophene rings is 1. The third-order valence-electron chi connectivity index (χ3n) is 5.12. The summed E-state index contributed by atoms with van der Waals surface area (Å²) in [5.41, 5.74) is 1.52. The normalized spacial score (nSPS) is 28.9. The van der Waals surface area contributed by atoms with Gasteiger partial charge < -0.3 is 10.6 Å². The molecule has 21 heavy (non-hydrogen) atoms. The number of amides is 1. The van der Waals surface area contributed by atoms with Crippen molar-refractivity contribution in [3.63, 3.8) is 0 Å². The number of fused-ring (bicyclic) bond motifs is 1. The molecule has 1 spiro atoms. The van der Waals surface area contributed by atoms with E-state index in [1.54, 1.807) is 11.3 Å². The summed E-state index contributed by atoms with van der Waals surface area (Å²) in [6.45, 7) is 4.17. The van der Waals surface area contributed by atoms with E-state index in [0.29, 0.717) is 0 Å². The van der Waals surface area contributed by atoms with Gasteiger partial charge in [-0.3, -0.25) is 4.79 Å². The van der Waals surface area contributed by atoms with E-state index in [1.807, 2.05) is 0 Å². The zero-order valence-corrected chi connectivity index (χ0v) is 13.0. The van der Waals surface area contributed by atoms with Crippen LogP contribution in [0.2, 0.25) is 0 Å². The Morgan fingerprint density at radius 2 is 2.33 bits per heavy atom. The number of hydrogen-bond acceptors (Lipinski definition) is 3. The summed E-state index contributed by atoms with van der Waals surface area (Å²) in [5.74, 6) is 0.460. The zero-order chi connectivity index (χ0) is 14.4. The summed E-state index contributed by atoms with van der Waals surface area (Å²) in [5, 5.41) is 10.1. The van der Waals surface area contributed by atoms with E-state index in [4.69, 9.17) is 0 Å². The smallest absolute Gasteiger partial charge is 0.224 e. The molecule has 4 heteroatoms. The topological polar surface area (TPSA) is 41.1 Å². The number of hydrogen-bond donors (Lipinski definition) is 2. The van der Waals surface area contributed by atoms with Gasteiger partial charge in [0.05, 0.1) is 6.04 Å². The van der Waals surface area contributed by atoms with Crippen molar-refractivity contribution >= 4 is 27.3 Å². The second-order valence-corrected chi connectivity index (χ2v) is 7.37. The van der Waals surface area contributed by atoms with Crippen molar-refractivity contribution in [2.75, 3.05) is 13.1 Å². The maximum Gasteiger partial charge on any atom is 0.224 e. The van der Waals surface area contributed by atoms with Crippen molar-refractivity contribution in [1.29, 1.82) is 0 Å². The Morgan fingerprint density at radius 3 is 3.14 bits per heavy atom. The lowest BCUT2D eigenvalue weighted by molar-refractivity contribution is -0.123. The van der Waals surface area contributed by atoms with E-state index >= 15 is 0 Å². The van der Waals surface area contributed by atoms with Crippen LogP contribution in [0.25, 0.3) is 10.1 Å². The van der Waals surface area contributed by atoms with E-state index < -0.39 is 0 Å². The van der Waals surface area contributed by atoms with Gasteiger partial charge in [-0.05, 0) is 54.1 Å². The van der Waals surface area contributed by atoms with E-state index in [2.05, 4.69) is 47.2 Å². The van der Waals surface area contributed by atoms with Crippen molar-refractivity contribution in [3.8, 4) is 0 Å². The first-order valence-corrected chi connectivity index (χ1v) is 8.55. The van der Waals surface area contributed by atoms with E-state index in [9.17, 15) is 4.79 Å². The Balaban J connectivity index is 1.48. The molecule has 1 aliphatic carbocycles. The Labute approximate surface area is 128 Å². The third-order valence-corrected chi connectivity index (χ3v) is 6.10. The van der Waals surface area contributed by atoms with Crippen LogP contribution in [-0.2, 0) is 4.79 Å². The van der Waals surface area contributed by atoms with Crippen LogP contribution in [0.1, 0.15) is 31.4 Å². The molecule has 0 radical (unpaired) electrons. The Kier molecular flexibility index (Phi) is 3.05. The van der Waals surface area contributed by atoms with Crippen molar-refractivity contribution < 1.29 is 4.79 Å². The predicted molar refractivity (Wildman–Crippen MR) is 86.4 cm³/mol. The first kappa shape index (κ1) is 13.3. The number of carbonyl (C=O) groups is 1. The van der Waals surface area contributed by atoms with Gasteiger partial charge in [0.15, 0.2) is 0 Å². The van der Waals surface area contributed by atoms with Gasteiger partial charge in [-0.1, -0.05) is 18.2 Å². The molecule has 2 unspecified atom stereocenters. The van der Waals surface area contributed by atoms with Crippen LogP contribution in [0.4, 0.5) is 0 Å². The summed E-state index contributed by atoms with van der Waals surface area (Å²) in [7, 11) is 0. The molecule has 3 nitrogen and oxygen atoms in total. The molecule has 2 aliphatic rings. The number of carbonyl (C=O) groups excluding carboxylic acids is 1. The van der Waals surface area contributed by atoms with Gasteiger partial charge >= 0.3 is 0 Å². The van der Waals surface area contributed by atoms with Crippen LogP contribution in [0.3, 0.4) is 0 Å². The van der Waals surface area contributed by atoms with Crippen molar-refractivity contribution in [2.24, 2.45) is 11.3 Å². The quantitative estimate of drug-likeness (QED) is 0.914. The van der Waals surface area contributed by atoms with Gasteiger partial charge in [0.1, 0.15) is 0 Å². The first-order chi connectivity index (χ1) is 10.2. The minimum absolute atomic E-state index is 0.0839. The average molecular weight is 300 g/mol. The number of nitrogens with one attached hydrogen (secondary N) is 2. The molecule has 2 N–H and O–H groups in total. The highest BCUT2D eigenvalue weighted by Crippen LogP contribution is 2.56. The minimum Gasteiger partial charge on any atom is -0.349 e. The lowest BCUT2D eigenvalue weighted by Gasteiger charge is -2.15. The van der Waals surface area contributed by atoms with Crippen molar-refractivity contribution in [2.45, 2.75) is 25.8 Å².